The molecular formula is C21H16N2O4S. The highest BCUT2D eigenvalue weighted by atomic mass is 32.2. The molecule has 3 aromatic carbocycles. The first-order chi connectivity index (χ1) is 13.5. The molecule has 0 spiro atoms. The molecule has 1 saturated heterocycles. The molecule has 0 aliphatic carbocycles. The van der Waals surface area contributed by atoms with Gasteiger partial charge in [0.1, 0.15) is 0 Å². The minimum atomic E-state index is -1.02. The van der Waals surface area contributed by atoms with Crippen LogP contribution in [0, 0.1) is 0 Å². The molecule has 1 aliphatic heterocycles. The van der Waals surface area contributed by atoms with Gasteiger partial charge in [0.25, 0.3) is 11.1 Å². The summed E-state index contributed by atoms with van der Waals surface area (Å²) in [5.74, 6) is -1.33. The Hall–Kier alpha value is -3.32. The predicted molar refractivity (Wildman–Crippen MR) is 108 cm³/mol. The van der Waals surface area contributed by atoms with Crippen LogP contribution in [0.5, 0.6) is 0 Å². The summed E-state index contributed by atoms with van der Waals surface area (Å²) in [6.45, 7) is 0.109. The molecule has 6 nitrogen and oxygen atoms in total. The summed E-state index contributed by atoms with van der Waals surface area (Å²) < 4.78 is 0. The number of carbonyl (C=O) groups is 3. The molecule has 0 radical (unpaired) electrons. The number of fused-ring (bicyclic) bond motifs is 1. The van der Waals surface area contributed by atoms with Crippen molar-refractivity contribution in [3.63, 3.8) is 0 Å². The van der Waals surface area contributed by atoms with Gasteiger partial charge in [0, 0.05) is 11.1 Å². The Balaban J connectivity index is 1.51. The summed E-state index contributed by atoms with van der Waals surface area (Å²) in [7, 11) is 0. The highest BCUT2D eigenvalue weighted by molar-refractivity contribution is 8.15. The van der Waals surface area contributed by atoms with E-state index in [1.165, 1.54) is 17.0 Å². The lowest BCUT2D eigenvalue weighted by molar-refractivity contribution is -0.126. The van der Waals surface area contributed by atoms with Crippen LogP contribution in [0.1, 0.15) is 15.9 Å². The molecule has 1 aliphatic rings. The van der Waals surface area contributed by atoms with Crippen LogP contribution in [0.15, 0.2) is 66.7 Å². The maximum Gasteiger partial charge on any atom is 0.335 e. The number of hydrogen-bond acceptors (Lipinski definition) is 5. The molecular weight excluding hydrogens is 376 g/mol. The van der Waals surface area contributed by atoms with E-state index in [1.54, 1.807) is 12.1 Å². The summed E-state index contributed by atoms with van der Waals surface area (Å²) in [5.41, 5.74) is 1.65. The highest BCUT2D eigenvalue weighted by Gasteiger charge is 2.39. The average molecular weight is 392 g/mol. The van der Waals surface area contributed by atoms with Crippen molar-refractivity contribution < 1.29 is 19.5 Å². The third kappa shape index (κ3) is 3.44. The van der Waals surface area contributed by atoms with Gasteiger partial charge in [0.15, 0.2) is 5.37 Å². The number of nitrogens with one attached hydrogen (secondary N) is 1. The largest absolute Gasteiger partial charge is 0.478 e. The van der Waals surface area contributed by atoms with Gasteiger partial charge in [-0.05, 0) is 40.9 Å². The molecule has 0 bridgehead atoms. The van der Waals surface area contributed by atoms with Crippen molar-refractivity contribution in [2.45, 2.75) is 11.9 Å². The Morgan fingerprint density at radius 1 is 1.00 bits per heavy atom. The minimum Gasteiger partial charge on any atom is -0.478 e. The summed E-state index contributed by atoms with van der Waals surface area (Å²) in [6.07, 6.45) is 0. The number of aromatic carboxylic acids is 1. The van der Waals surface area contributed by atoms with Crippen LogP contribution in [-0.4, -0.2) is 32.5 Å². The second-order valence-electron chi connectivity index (χ2n) is 6.36. The van der Waals surface area contributed by atoms with E-state index in [0.717, 1.165) is 28.2 Å². The molecule has 0 saturated carbocycles. The molecule has 3 aromatic rings. The SMILES string of the molecule is O=C(O)c1ccc(CN2C(=O)SC(Nc3cccc4ccccc34)C2=O)cc1. The van der Waals surface area contributed by atoms with Gasteiger partial charge in [-0.3, -0.25) is 14.5 Å². The third-order valence-corrected chi connectivity index (χ3v) is 5.52. The van der Waals surface area contributed by atoms with E-state index >= 15 is 0 Å². The summed E-state index contributed by atoms with van der Waals surface area (Å²) in [6, 6.07) is 19.7. The monoisotopic (exact) mass is 392 g/mol. The number of imide groups is 1. The fourth-order valence-electron chi connectivity index (χ4n) is 3.11. The molecule has 28 heavy (non-hydrogen) atoms. The number of thioether (sulfide) groups is 1. The Bertz CT molecular complexity index is 1080. The first-order valence-electron chi connectivity index (χ1n) is 8.61. The van der Waals surface area contributed by atoms with Crippen LogP contribution < -0.4 is 5.32 Å². The Morgan fingerprint density at radius 2 is 1.71 bits per heavy atom. The molecule has 4 rings (SSSR count). The number of rotatable bonds is 5. The average Bonchev–Trinajstić information content (AvgIpc) is 2.96. The molecule has 2 amide bonds. The van der Waals surface area contributed by atoms with Gasteiger partial charge in [0.2, 0.25) is 0 Å². The van der Waals surface area contributed by atoms with Gasteiger partial charge in [-0.1, -0.05) is 48.5 Å². The van der Waals surface area contributed by atoms with Crippen molar-refractivity contribution in [3.05, 3.63) is 77.9 Å². The Kier molecular flexibility index (Phi) is 4.75. The zero-order valence-corrected chi connectivity index (χ0v) is 15.5. The molecule has 1 unspecified atom stereocenters. The van der Waals surface area contributed by atoms with Gasteiger partial charge in [-0.25, -0.2) is 4.79 Å². The van der Waals surface area contributed by atoms with Crippen molar-refractivity contribution in [1.29, 1.82) is 0 Å². The second kappa shape index (κ2) is 7.36. The molecule has 2 N–H and O–H groups in total. The van der Waals surface area contributed by atoms with Crippen LogP contribution in [0.4, 0.5) is 10.5 Å². The van der Waals surface area contributed by atoms with E-state index in [1.807, 2.05) is 42.5 Å². The smallest absolute Gasteiger partial charge is 0.335 e. The molecule has 1 atom stereocenters. The van der Waals surface area contributed by atoms with Gasteiger partial charge < -0.3 is 10.4 Å². The van der Waals surface area contributed by atoms with Crippen LogP contribution in [0.25, 0.3) is 10.8 Å². The van der Waals surface area contributed by atoms with Gasteiger partial charge in [0.05, 0.1) is 12.1 Å². The maximum atomic E-state index is 12.8. The van der Waals surface area contributed by atoms with Crippen LogP contribution in [-0.2, 0) is 11.3 Å². The Labute approximate surface area is 165 Å². The number of carbonyl (C=O) groups excluding carboxylic acids is 2. The van der Waals surface area contributed by atoms with E-state index in [9.17, 15) is 14.4 Å². The first kappa shape index (κ1) is 18.1. The van der Waals surface area contributed by atoms with Crippen molar-refractivity contribution in [1.82, 2.24) is 4.90 Å². The summed E-state index contributed by atoms with van der Waals surface area (Å²) >= 11 is 0.945. The molecule has 1 fully saturated rings. The molecule has 140 valence electrons. The van der Waals surface area contributed by atoms with E-state index in [2.05, 4.69) is 5.32 Å². The predicted octanol–water partition coefficient (Wildman–Crippen LogP) is 4.17. The van der Waals surface area contributed by atoms with Crippen LogP contribution in [0.3, 0.4) is 0 Å². The number of anilines is 1. The standard InChI is InChI=1S/C21H16N2O4S/c24-19-18(22-17-7-3-5-14-4-1-2-6-16(14)17)28-21(27)23(19)12-13-8-10-15(11-9-13)20(25)26/h1-11,18,22H,12H2,(H,25,26). The zero-order chi connectivity index (χ0) is 19.7. The highest BCUT2D eigenvalue weighted by Crippen LogP contribution is 2.32. The summed E-state index contributed by atoms with van der Waals surface area (Å²) in [4.78, 5) is 37.3. The lowest BCUT2D eigenvalue weighted by Crippen LogP contribution is -2.34. The number of carboxylic acids is 1. The minimum absolute atomic E-state index is 0.109. The van der Waals surface area contributed by atoms with Crippen LogP contribution in [0.2, 0.25) is 0 Å². The lowest BCUT2D eigenvalue weighted by atomic mass is 10.1. The fourth-order valence-corrected chi connectivity index (χ4v) is 4.01. The van der Waals surface area contributed by atoms with E-state index in [0.29, 0.717) is 5.56 Å². The normalized spacial score (nSPS) is 16.6. The first-order valence-corrected chi connectivity index (χ1v) is 9.49. The molecule has 0 aromatic heterocycles. The van der Waals surface area contributed by atoms with Crippen molar-refractivity contribution in [3.8, 4) is 0 Å². The quantitative estimate of drug-likeness (QED) is 0.678. The number of amides is 2. The number of carboxylic acid groups (broad SMARTS) is 1. The molecule has 1 heterocycles. The van der Waals surface area contributed by atoms with E-state index in [4.69, 9.17) is 5.11 Å². The number of nitrogens with zero attached hydrogens (tertiary/aromatic N) is 1. The van der Waals surface area contributed by atoms with Gasteiger partial charge >= 0.3 is 5.97 Å². The van der Waals surface area contributed by atoms with Crippen LogP contribution >= 0.6 is 11.8 Å². The molecule has 7 heteroatoms. The lowest BCUT2D eigenvalue weighted by Gasteiger charge is -2.16. The van der Waals surface area contributed by atoms with E-state index < -0.39 is 11.3 Å². The van der Waals surface area contributed by atoms with Crippen molar-refractivity contribution >= 4 is 45.3 Å². The maximum absolute atomic E-state index is 12.8. The second-order valence-corrected chi connectivity index (χ2v) is 7.42. The van der Waals surface area contributed by atoms with Gasteiger partial charge in [-0.15, -0.1) is 0 Å². The third-order valence-electron chi connectivity index (χ3n) is 4.55. The number of hydrogen-bond donors (Lipinski definition) is 2. The topological polar surface area (TPSA) is 86.7 Å². The van der Waals surface area contributed by atoms with Crippen molar-refractivity contribution in [2.24, 2.45) is 0 Å². The van der Waals surface area contributed by atoms with Crippen molar-refractivity contribution in [2.75, 3.05) is 5.32 Å². The Morgan fingerprint density at radius 3 is 2.46 bits per heavy atom. The fraction of sp³-hybridized carbons (Fsp3) is 0.0952. The van der Waals surface area contributed by atoms with Gasteiger partial charge in [-0.2, -0.15) is 0 Å². The zero-order valence-electron chi connectivity index (χ0n) is 14.7. The summed E-state index contributed by atoms with van der Waals surface area (Å²) in [5, 5.41) is 13.1. The number of benzene rings is 3. The van der Waals surface area contributed by atoms with E-state index in [-0.39, 0.29) is 23.3 Å².